The van der Waals surface area contributed by atoms with E-state index in [4.69, 9.17) is 14.6 Å². The minimum atomic E-state index is -1.02. The molecule has 0 radical (unpaired) electrons. The lowest BCUT2D eigenvalue weighted by Crippen LogP contribution is -2.56. The maximum absolute atomic E-state index is 13.4. The van der Waals surface area contributed by atoms with Gasteiger partial charge in [-0.15, -0.1) is 0 Å². The minimum Gasteiger partial charge on any atom is -0.481 e. The van der Waals surface area contributed by atoms with Crippen molar-refractivity contribution in [2.24, 2.45) is 5.41 Å². The van der Waals surface area contributed by atoms with Gasteiger partial charge in [0.25, 0.3) is 0 Å². The van der Waals surface area contributed by atoms with Gasteiger partial charge in [-0.05, 0) is 43.0 Å². The first kappa shape index (κ1) is 24.7. The summed E-state index contributed by atoms with van der Waals surface area (Å²) < 4.78 is 11.2. The van der Waals surface area contributed by atoms with Crippen molar-refractivity contribution in [1.82, 2.24) is 10.2 Å². The molecule has 2 atom stereocenters. The van der Waals surface area contributed by atoms with Gasteiger partial charge in [0.1, 0.15) is 6.61 Å². The van der Waals surface area contributed by atoms with Crippen LogP contribution in [0.4, 0.5) is 4.79 Å². The van der Waals surface area contributed by atoms with Crippen molar-refractivity contribution in [3.05, 3.63) is 59.7 Å². The fourth-order valence-corrected chi connectivity index (χ4v) is 5.01. The molecular formula is C27H32N2O6. The van der Waals surface area contributed by atoms with Gasteiger partial charge >= 0.3 is 12.1 Å². The first-order valence-electron chi connectivity index (χ1n) is 11.9. The van der Waals surface area contributed by atoms with Crippen molar-refractivity contribution >= 4 is 18.0 Å². The van der Waals surface area contributed by atoms with Crippen molar-refractivity contribution in [3.8, 4) is 11.1 Å². The Morgan fingerprint density at radius 2 is 1.71 bits per heavy atom. The molecule has 2 aliphatic rings. The Morgan fingerprint density at radius 1 is 1.11 bits per heavy atom. The van der Waals surface area contributed by atoms with Gasteiger partial charge in [-0.1, -0.05) is 48.5 Å². The maximum atomic E-state index is 13.4. The Morgan fingerprint density at radius 3 is 2.29 bits per heavy atom. The molecule has 35 heavy (non-hydrogen) atoms. The Hall–Kier alpha value is -3.39. The van der Waals surface area contributed by atoms with Gasteiger partial charge in [-0.3, -0.25) is 9.59 Å². The Labute approximate surface area is 205 Å². The van der Waals surface area contributed by atoms with E-state index in [2.05, 4.69) is 29.6 Å². The zero-order chi connectivity index (χ0) is 25.2. The highest BCUT2D eigenvalue weighted by Gasteiger charge is 2.49. The highest BCUT2D eigenvalue weighted by Crippen LogP contribution is 2.44. The molecule has 8 heteroatoms. The molecule has 1 fully saturated rings. The number of benzene rings is 2. The predicted octanol–water partition coefficient (Wildman–Crippen LogP) is 3.64. The number of alkyl carbamates (subject to hydrolysis) is 1. The molecular weight excluding hydrogens is 448 g/mol. The number of carboxylic acid groups (broad SMARTS) is 1. The summed E-state index contributed by atoms with van der Waals surface area (Å²) in [7, 11) is 0. The molecule has 2 unspecified atom stereocenters. The molecule has 0 spiro atoms. The smallest absolute Gasteiger partial charge is 0.407 e. The Bertz CT molecular complexity index is 1070. The number of rotatable bonds is 8. The number of ether oxygens (including phenoxy) is 2. The molecule has 8 nitrogen and oxygen atoms in total. The highest BCUT2D eigenvalue weighted by atomic mass is 16.5. The van der Waals surface area contributed by atoms with Crippen LogP contribution < -0.4 is 5.32 Å². The van der Waals surface area contributed by atoms with E-state index in [1.165, 1.54) is 4.90 Å². The number of hydrogen-bond acceptors (Lipinski definition) is 5. The second-order valence-corrected chi connectivity index (χ2v) is 9.69. The fraction of sp³-hybridized carbons (Fsp3) is 0.444. The minimum absolute atomic E-state index is 0.0616. The summed E-state index contributed by atoms with van der Waals surface area (Å²) in [5, 5.41) is 11.9. The average molecular weight is 481 g/mol. The van der Waals surface area contributed by atoms with Crippen LogP contribution in [0.1, 0.15) is 44.2 Å². The van der Waals surface area contributed by atoms with Gasteiger partial charge in [0.15, 0.2) is 0 Å². The highest BCUT2D eigenvalue weighted by molar-refractivity contribution is 5.85. The first-order valence-corrected chi connectivity index (χ1v) is 11.9. The fourth-order valence-electron chi connectivity index (χ4n) is 5.01. The second-order valence-electron chi connectivity index (χ2n) is 9.69. The number of carbonyl (C=O) groups excluding carboxylic acids is 2. The number of amides is 2. The van der Waals surface area contributed by atoms with Crippen molar-refractivity contribution in [3.63, 3.8) is 0 Å². The number of aliphatic carboxylic acids is 1. The topological polar surface area (TPSA) is 105 Å². The van der Waals surface area contributed by atoms with E-state index in [9.17, 15) is 14.4 Å². The summed E-state index contributed by atoms with van der Waals surface area (Å²) in [5.41, 5.74) is 3.52. The van der Waals surface area contributed by atoms with Crippen LogP contribution in [0.2, 0.25) is 0 Å². The van der Waals surface area contributed by atoms with Crippen LogP contribution in [-0.2, 0) is 19.1 Å². The summed E-state index contributed by atoms with van der Waals surface area (Å²) >= 11 is 0. The predicted molar refractivity (Wildman–Crippen MR) is 130 cm³/mol. The van der Waals surface area contributed by atoms with E-state index < -0.39 is 23.5 Å². The van der Waals surface area contributed by atoms with E-state index in [1.54, 1.807) is 6.92 Å². The number of nitrogens with one attached hydrogen (secondary N) is 1. The second kappa shape index (κ2) is 10.1. The molecule has 186 valence electrons. The Balaban J connectivity index is 1.42. The number of carbonyl (C=O) groups is 3. The monoisotopic (exact) mass is 480 g/mol. The van der Waals surface area contributed by atoms with Crippen LogP contribution >= 0.6 is 0 Å². The number of nitrogens with zero attached hydrogens (tertiary/aromatic N) is 1. The van der Waals surface area contributed by atoms with E-state index in [0.717, 1.165) is 22.3 Å². The molecule has 2 aromatic carbocycles. The average Bonchev–Trinajstić information content (AvgIpc) is 3.36. The number of carboxylic acids is 1. The summed E-state index contributed by atoms with van der Waals surface area (Å²) in [4.78, 5) is 38.8. The van der Waals surface area contributed by atoms with Crippen molar-refractivity contribution in [2.75, 3.05) is 26.4 Å². The van der Waals surface area contributed by atoms with Gasteiger partial charge in [0.05, 0.1) is 31.1 Å². The molecule has 0 bridgehead atoms. The SMILES string of the molecule is CC(C)N(CCC(=O)O)C(=O)C1(C)COCC1NC(=O)OCC1c2ccccc2-c2ccccc21. The van der Waals surface area contributed by atoms with E-state index in [1.807, 2.05) is 38.1 Å². The quantitative estimate of drug-likeness (QED) is 0.598. The molecule has 1 heterocycles. The van der Waals surface area contributed by atoms with Crippen molar-refractivity contribution < 1.29 is 29.0 Å². The van der Waals surface area contributed by atoms with Crippen LogP contribution in [0.15, 0.2) is 48.5 Å². The molecule has 0 aromatic heterocycles. The molecule has 2 aromatic rings. The molecule has 2 amide bonds. The van der Waals surface area contributed by atoms with Crippen LogP contribution in [0.5, 0.6) is 0 Å². The summed E-state index contributed by atoms with van der Waals surface area (Å²) in [6.07, 6.45) is -0.756. The lowest BCUT2D eigenvalue weighted by Gasteiger charge is -2.36. The molecule has 1 aliphatic carbocycles. The molecule has 0 saturated carbocycles. The van der Waals surface area contributed by atoms with E-state index in [0.29, 0.717) is 0 Å². The van der Waals surface area contributed by atoms with Crippen LogP contribution in [0.3, 0.4) is 0 Å². The van der Waals surface area contributed by atoms with Gasteiger partial charge in [-0.2, -0.15) is 0 Å². The zero-order valence-electron chi connectivity index (χ0n) is 20.3. The summed E-state index contributed by atoms with van der Waals surface area (Å²) in [6, 6.07) is 15.5. The van der Waals surface area contributed by atoms with Crippen LogP contribution in [0, 0.1) is 5.41 Å². The van der Waals surface area contributed by atoms with Crippen LogP contribution in [-0.4, -0.2) is 66.4 Å². The third-order valence-electron chi connectivity index (χ3n) is 7.03. The third-order valence-corrected chi connectivity index (χ3v) is 7.03. The lowest BCUT2D eigenvalue weighted by atomic mass is 9.83. The van der Waals surface area contributed by atoms with Crippen molar-refractivity contribution in [1.29, 1.82) is 0 Å². The van der Waals surface area contributed by atoms with Gasteiger partial charge < -0.3 is 24.8 Å². The standard InChI is InChI=1S/C27H32N2O6/c1-17(2)29(13-12-24(30)31)25(32)27(3)16-34-15-23(27)28-26(33)35-14-22-20-10-6-4-8-18(20)19-9-5-7-11-21(19)22/h4-11,17,22-23H,12-16H2,1-3H3,(H,28,33)(H,30,31). The lowest BCUT2D eigenvalue weighted by molar-refractivity contribution is -0.145. The first-order chi connectivity index (χ1) is 16.7. The zero-order valence-corrected chi connectivity index (χ0v) is 20.3. The number of hydrogen-bond donors (Lipinski definition) is 2. The Kier molecular flexibility index (Phi) is 7.12. The summed E-state index contributed by atoms with van der Waals surface area (Å²) in [5.74, 6) is -1.27. The molecule has 2 N–H and O–H groups in total. The normalized spacial score (nSPS) is 20.9. The van der Waals surface area contributed by atoms with Crippen molar-refractivity contribution in [2.45, 2.75) is 45.2 Å². The number of fused-ring (bicyclic) bond motifs is 3. The molecule has 1 aliphatic heterocycles. The maximum Gasteiger partial charge on any atom is 0.407 e. The van der Waals surface area contributed by atoms with Gasteiger partial charge in [0.2, 0.25) is 5.91 Å². The van der Waals surface area contributed by atoms with Gasteiger partial charge in [0, 0.05) is 18.5 Å². The van der Waals surface area contributed by atoms with Crippen LogP contribution in [0.25, 0.3) is 11.1 Å². The largest absolute Gasteiger partial charge is 0.481 e. The van der Waals surface area contributed by atoms with E-state index in [-0.39, 0.29) is 50.7 Å². The van der Waals surface area contributed by atoms with E-state index >= 15 is 0 Å². The van der Waals surface area contributed by atoms with Gasteiger partial charge in [-0.25, -0.2) is 4.79 Å². The molecule has 1 saturated heterocycles. The summed E-state index contributed by atoms with van der Waals surface area (Å²) in [6.45, 7) is 6.01. The molecule has 4 rings (SSSR count). The third kappa shape index (κ3) is 4.89.